The predicted molar refractivity (Wildman–Crippen MR) is 240 cm³/mol. The van der Waals surface area contributed by atoms with E-state index in [4.69, 9.17) is 14.2 Å². The van der Waals surface area contributed by atoms with Gasteiger partial charge in [0.2, 0.25) is 23.1 Å². The van der Waals surface area contributed by atoms with Gasteiger partial charge in [-0.25, -0.2) is 14.4 Å². The number of carbonyl (C=O) groups is 4. The molecule has 1 fully saturated rings. The van der Waals surface area contributed by atoms with Crippen molar-refractivity contribution < 1.29 is 42.9 Å². The number of anilines is 2. The maximum Gasteiger partial charge on any atom is 0.261 e. The van der Waals surface area contributed by atoms with Gasteiger partial charge in [-0.15, -0.1) is 0 Å². The van der Waals surface area contributed by atoms with Gasteiger partial charge in [0.15, 0.2) is 23.1 Å². The summed E-state index contributed by atoms with van der Waals surface area (Å²) in [4.78, 5) is 74.0. The fourth-order valence-corrected chi connectivity index (χ4v) is 8.27. The highest BCUT2D eigenvalue weighted by Crippen LogP contribution is 2.37. The maximum absolute atomic E-state index is 15.5. The molecular weight excluding hydrogens is 838 g/mol. The first-order chi connectivity index (χ1) is 31.3. The summed E-state index contributed by atoms with van der Waals surface area (Å²) in [5, 5.41) is 19.6. The zero-order valence-electron chi connectivity index (χ0n) is 36.3. The molecule has 17 heteroatoms. The summed E-state index contributed by atoms with van der Waals surface area (Å²) in [7, 11) is 3.28. The van der Waals surface area contributed by atoms with Gasteiger partial charge in [0.25, 0.3) is 11.8 Å². The van der Waals surface area contributed by atoms with Crippen LogP contribution in [0.4, 0.5) is 15.8 Å². The number of piperidine rings is 1. The number of aliphatic hydroxyl groups excluding tert-OH is 1. The highest BCUT2D eigenvalue weighted by Gasteiger charge is 2.39. The molecule has 2 aliphatic rings. The average molecular weight is 886 g/mol. The second-order valence-electron chi connectivity index (χ2n) is 16.1. The summed E-state index contributed by atoms with van der Waals surface area (Å²) < 4.78 is 34.9. The lowest BCUT2D eigenvalue weighted by Gasteiger charge is -2.29. The quantitative estimate of drug-likeness (QED) is 0.0457. The Labute approximate surface area is 372 Å². The van der Waals surface area contributed by atoms with E-state index in [0.29, 0.717) is 76.1 Å². The topological polar surface area (TPSA) is 203 Å². The first-order valence-electron chi connectivity index (χ1n) is 21.4. The molecule has 4 aromatic carbocycles. The molecule has 6 aromatic rings. The maximum atomic E-state index is 15.5. The number of hydrogen-bond donors (Lipinski definition) is 4. The lowest BCUT2D eigenvalue weighted by Crippen LogP contribution is -2.52. The molecule has 8 rings (SSSR count). The van der Waals surface area contributed by atoms with Crippen LogP contribution in [0.2, 0.25) is 0 Å². The van der Waals surface area contributed by atoms with Crippen LogP contribution in [0.5, 0.6) is 23.1 Å². The molecule has 0 aliphatic carbocycles. The number of carbonyl (C=O) groups excluding carboxylic acids is 4. The summed E-state index contributed by atoms with van der Waals surface area (Å²) in [5.74, 6) is -1.77. The number of fused-ring (bicyclic) bond motifs is 3. The Hall–Kier alpha value is -7.40. The third kappa shape index (κ3) is 9.18. The summed E-state index contributed by atoms with van der Waals surface area (Å²) in [6.45, 7) is 4.28. The van der Waals surface area contributed by atoms with Crippen LogP contribution in [0.15, 0.2) is 77.9 Å². The largest absolute Gasteiger partial charge is 0.493 e. The molecule has 2 aromatic heterocycles. The van der Waals surface area contributed by atoms with Crippen LogP contribution < -0.4 is 35.6 Å². The third-order valence-corrected chi connectivity index (χ3v) is 11.9. The van der Waals surface area contributed by atoms with Crippen molar-refractivity contribution in [3.05, 3.63) is 117 Å². The highest BCUT2D eigenvalue weighted by molar-refractivity contribution is 6.07. The molecule has 1 saturated heterocycles. The van der Waals surface area contributed by atoms with Crippen LogP contribution in [0.3, 0.4) is 0 Å². The molecule has 2 aliphatic heterocycles. The van der Waals surface area contributed by atoms with Gasteiger partial charge in [-0.3, -0.25) is 29.3 Å². The van der Waals surface area contributed by atoms with Crippen molar-refractivity contribution in [2.24, 2.45) is 7.05 Å². The fourth-order valence-electron chi connectivity index (χ4n) is 8.27. The SMILES string of the molecule is CCc1ccc2c(c1)c(=O)c(C(=O)Nc1ccc(Oc3ncnc4cc(OCCCCCC(O)Nc5ccc6c(c5)CN(C5CCC(=O)NC5=O)C6=O)c(OC)cc34)c(F)c1)c(C)n2C. The Morgan fingerprint density at radius 3 is 2.54 bits per heavy atom. The summed E-state index contributed by atoms with van der Waals surface area (Å²) in [5.41, 5.74) is 4.21. The van der Waals surface area contributed by atoms with E-state index in [1.54, 1.807) is 54.9 Å². The number of pyridine rings is 1. The number of nitrogens with zero attached hydrogens (tertiary/aromatic N) is 4. The van der Waals surface area contributed by atoms with Crippen LogP contribution in [-0.2, 0) is 29.6 Å². The number of aromatic nitrogens is 3. The van der Waals surface area contributed by atoms with Crippen LogP contribution in [0.25, 0.3) is 21.8 Å². The molecule has 0 bridgehead atoms. The molecular formula is C48H48FN7O9. The molecule has 4 heterocycles. The van der Waals surface area contributed by atoms with Crippen molar-refractivity contribution in [2.75, 3.05) is 24.4 Å². The number of hydrogen-bond acceptors (Lipinski definition) is 12. The van der Waals surface area contributed by atoms with Gasteiger partial charge in [-0.05, 0) is 105 Å². The standard InChI is InChI=1S/C48H48FN7O9/c1-5-27-10-14-36-33(19-27)44(59)43(26(2)55(36)3)46(61)53-30-12-16-38(34(49)21-30)65-47-32-22-39(63-4)40(23-35(32)50-25-51-47)64-18-8-6-7-9-41(57)52-29-11-13-31-28(20-29)24-56(48(31)62)37-15-17-42(58)54-45(37)60/h10-14,16,19-23,25,37,41,52,57H,5-9,15,17-18,24H2,1-4H3,(H,53,61)(H,54,58,60). The zero-order valence-corrected chi connectivity index (χ0v) is 36.3. The minimum atomic E-state index is -0.835. The van der Waals surface area contributed by atoms with E-state index in [-0.39, 0.29) is 54.1 Å². The van der Waals surface area contributed by atoms with E-state index in [1.165, 1.54) is 30.5 Å². The molecule has 0 saturated carbocycles. The lowest BCUT2D eigenvalue weighted by molar-refractivity contribution is -0.136. The van der Waals surface area contributed by atoms with E-state index in [2.05, 4.69) is 25.9 Å². The molecule has 2 atom stereocenters. The number of rotatable bonds is 16. The van der Waals surface area contributed by atoms with Crippen molar-refractivity contribution in [1.29, 1.82) is 0 Å². The average Bonchev–Trinajstić information content (AvgIpc) is 3.61. The predicted octanol–water partition coefficient (Wildman–Crippen LogP) is 6.68. The Bertz CT molecular complexity index is 2940. The van der Waals surface area contributed by atoms with Crippen LogP contribution in [0.1, 0.15) is 83.0 Å². The molecule has 4 amide bonds. The van der Waals surface area contributed by atoms with Crippen LogP contribution in [-0.4, -0.2) is 74.2 Å². The van der Waals surface area contributed by atoms with E-state index < -0.39 is 35.3 Å². The number of unbranched alkanes of at least 4 members (excludes halogenated alkanes) is 2. The first kappa shape index (κ1) is 44.2. The minimum Gasteiger partial charge on any atom is -0.493 e. The van der Waals surface area contributed by atoms with Gasteiger partial charge in [0.1, 0.15) is 24.2 Å². The van der Waals surface area contributed by atoms with E-state index >= 15 is 4.39 Å². The number of methoxy groups -OCH3 is 1. The van der Waals surface area contributed by atoms with Crippen molar-refractivity contribution in [3.63, 3.8) is 0 Å². The van der Waals surface area contributed by atoms with Crippen molar-refractivity contribution in [2.45, 2.75) is 77.6 Å². The summed E-state index contributed by atoms with van der Waals surface area (Å²) in [6, 6.07) is 17.4. The molecule has 65 heavy (non-hydrogen) atoms. The number of amides is 4. The number of halogens is 1. The molecule has 2 unspecified atom stereocenters. The van der Waals surface area contributed by atoms with Gasteiger partial charge in [0.05, 0.1) is 30.1 Å². The van der Waals surface area contributed by atoms with Crippen LogP contribution >= 0.6 is 0 Å². The normalized spacial score (nSPS) is 15.2. The van der Waals surface area contributed by atoms with Crippen LogP contribution in [0, 0.1) is 12.7 Å². The Balaban J connectivity index is 0.836. The number of aryl methyl sites for hydroxylation is 2. The smallest absolute Gasteiger partial charge is 0.261 e. The Kier molecular flexibility index (Phi) is 12.8. The molecule has 0 spiro atoms. The van der Waals surface area contributed by atoms with Gasteiger partial charge in [0, 0.05) is 60.2 Å². The number of benzene rings is 4. The summed E-state index contributed by atoms with van der Waals surface area (Å²) in [6.07, 6.45) is 4.24. The number of imide groups is 1. The second kappa shape index (κ2) is 18.8. The second-order valence-corrected chi connectivity index (χ2v) is 16.1. The van der Waals surface area contributed by atoms with E-state index in [1.807, 2.05) is 19.1 Å². The molecule has 336 valence electrons. The Morgan fingerprint density at radius 1 is 0.954 bits per heavy atom. The van der Waals surface area contributed by atoms with Crippen molar-refractivity contribution in [3.8, 4) is 23.1 Å². The minimum absolute atomic E-state index is 0.0271. The molecule has 16 nitrogen and oxygen atoms in total. The molecule has 4 N–H and O–H groups in total. The fraction of sp³-hybridized carbons (Fsp3) is 0.312. The summed E-state index contributed by atoms with van der Waals surface area (Å²) >= 11 is 0. The third-order valence-electron chi connectivity index (χ3n) is 11.9. The van der Waals surface area contributed by atoms with Gasteiger partial charge < -0.3 is 39.4 Å². The van der Waals surface area contributed by atoms with Gasteiger partial charge >= 0.3 is 0 Å². The first-order valence-corrected chi connectivity index (χ1v) is 21.4. The van der Waals surface area contributed by atoms with Gasteiger partial charge in [-0.2, -0.15) is 0 Å². The highest BCUT2D eigenvalue weighted by atomic mass is 19.1. The lowest BCUT2D eigenvalue weighted by atomic mass is 10.0. The number of ether oxygens (including phenoxy) is 3. The van der Waals surface area contributed by atoms with Gasteiger partial charge in [-0.1, -0.05) is 13.0 Å². The monoisotopic (exact) mass is 885 g/mol. The number of aliphatic hydroxyl groups is 1. The van der Waals surface area contributed by atoms with E-state index in [0.717, 1.165) is 30.0 Å². The Morgan fingerprint density at radius 2 is 1.77 bits per heavy atom. The van der Waals surface area contributed by atoms with Crippen molar-refractivity contribution >= 4 is 56.8 Å². The zero-order chi connectivity index (χ0) is 45.9. The molecule has 0 radical (unpaired) electrons. The van der Waals surface area contributed by atoms with Crippen molar-refractivity contribution in [1.82, 2.24) is 24.8 Å². The number of nitrogens with one attached hydrogen (secondary N) is 3. The van der Waals surface area contributed by atoms with E-state index in [9.17, 15) is 29.1 Å².